The molecule has 0 spiro atoms. The third-order valence-corrected chi connectivity index (χ3v) is 6.06. The Labute approximate surface area is 153 Å². The maximum absolute atomic E-state index is 12.3. The lowest BCUT2D eigenvalue weighted by Gasteiger charge is -2.22. The number of hydrogen-bond acceptors (Lipinski definition) is 5. The summed E-state index contributed by atoms with van der Waals surface area (Å²) in [6, 6.07) is 17.0. The minimum atomic E-state index is -3.71. The monoisotopic (exact) mass is 375 g/mol. The molecule has 0 aliphatic carbocycles. The van der Waals surface area contributed by atoms with Crippen LogP contribution in [0.5, 0.6) is 5.75 Å². The Hall–Kier alpha value is -2.38. The average Bonchev–Trinajstić information content (AvgIpc) is 2.68. The van der Waals surface area contributed by atoms with Gasteiger partial charge in [-0.05, 0) is 24.5 Å². The Balaban J connectivity index is 1.63. The van der Waals surface area contributed by atoms with E-state index in [1.807, 2.05) is 42.5 Å². The first-order chi connectivity index (χ1) is 12.6. The van der Waals surface area contributed by atoms with Gasteiger partial charge < -0.3 is 9.47 Å². The fourth-order valence-electron chi connectivity index (χ4n) is 2.85. The van der Waals surface area contributed by atoms with Crippen molar-refractivity contribution >= 4 is 15.9 Å². The molecular weight excluding hydrogens is 354 g/mol. The molecule has 7 heteroatoms. The smallest absolute Gasteiger partial charge is 0.271 e. The maximum Gasteiger partial charge on any atom is 0.271 e. The van der Waals surface area contributed by atoms with Crippen LogP contribution in [0.15, 0.2) is 54.6 Å². The van der Waals surface area contributed by atoms with E-state index in [0.717, 1.165) is 11.1 Å². The Kier molecular flexibility index (Phi) is 5.90. The normalized spacial score (nSPS) is 15.4. The van der Waals surface area contributed by atoms with Crippen molar-refractivity contribution in [1.29, 1.82) is 0 Å². The molecule has 0 radical (unpaired) electrons. The number of rotatable bonds is 6. The summed E-state index contributed by atoms with van der Waals surface area (Å²) in [7, 11) is -3.71. The highest BCUT2D eigenvalue weighted by atomic mass is 32.2. The average molecular weight is 375 g/mol. The lowest BCUT2D eigenvalue weighted by atomic mass is 10.1. The molecule has 1 heterocycles. The molecule has 0 aromatic heterocycles. The standard InChI is InChI=1S/C19H21NO5S/c21-19(20-26(22,23)16-10-12-24-13-11-16)14-25-18-9-5-4-8-17(18)15-6-2-1-3-7-15/h1-9,16H,10-14H2,(H,20,21). The first kappa shape index (κ1) is 18.4. The summed E-state index contributed by atoms with van der Waals surface area (Å²) in [5.41, 5.74) is 1.80. The topological polar surface area (TPSA) is 81.7 Å². The predicted octanol–water partition coefficient (Wildman–Crippen LogP) is 2.36. The highest BCUT2D eigenvalue weighted by Crippen LogP contribution is 2.29. The second-order valence-corrected chi connectivity index (χ2v) is 7.99. The van der Waals surface area contributed by atoms with Gasteiger partial charge in [0, 0.05) is 18.8 Å². The van der Waals surface area contributed by atoms with Crippen LogP contribution in [-0.2, 0) is 19.6 Å². The molecule has 3 rings (SSSR count). The highest BCUT2D eigenvalue weighted by Gasteiger charge is 2.29. The van der Waals surface area contributed by atoms with E-state index in [1.54, 1.807) is 12.1 Å². The zero-order valence-corrected chi connectivity index (χ0v) is 15.1. The fourth-order valence-corrected chi connectivity index (χ4v) is 4.21. The second kappa shape index (κ2) is 8.33. The van der Waals surface area contributed by atoms with Crippen molar-refractivity contribution in [3.63, 3.8) is 0 Å². The van der Waals surface area contributed by atoms with E-state index in [2.05, 4.69) is 4.72 Å². The fraction of sp³-hybridized carbons (Fsp3) is 0.316. The van der Waals surface area contributed by atoms with Gasteiger partial charge in [-0.2, -0.15) is 0 Å². The molecule has 0 bridgehead atoms. The van der Waals surface area contributed by atoms with Gasteiger partial charge >= 0.3 is 0 Å². The summed E-state index contributed by atoms with van der Waals surface area (Å²) >= 11 is 0. The van der Waals surface area contributed by atoms with Crippen LogP contribution in [0.4, 0.5) is 0 Å². The van der Waals surface area contributed by atoms with E-state index in [4.69, 9.17) is 9.47 Å². The van der Waals surface area contributed by atoms with Gasteiger partial charge in [0.05, 0.1) is 5.25 Å². The number of nitrogens with one attached hydrogen (secondary N) is 1. The number of benzene rings is 2. The molecule has 1 aliphatic heterocycles. The molecule has 6 nitrogen and oxygen atoms in total. The molecule has 0 atom stereocenters. The van der Waals surface area contributed by atoms with Crippen molar-refractivity contribution < 1.29 is 22.7 Å². The molecule has 1 fully saturated rings. The highest BCUT2D eigenvalue weighted by molar-refractivity contribution is 7.90. The van der Waals surface area contributed by atoms with Gasteiger partial charge in [0.2, 0.25) is 10.0 Å². The summed E-state index contributed by atoms with van der Waals surface area (Å²) in [6.07, 6.45) is 0.778. The second-order valence-electron chi connectivity index (χ2n) is 6.03. The van der Waals surface area contributed by atoms with Crippen LogP contribution in [0, 0.1) is 0 Å². The molecule has 2 aromatic carbocycles. The largest absolute Gasteiger partial charge is 0.483 e. The minimum Gasteiger partial charge on any atom is -0.483 e. The zero-order valence-electron chi connectivity index (χ0n) is 14.3. The lowest BCUT2D eigenvalue weighted by molar-refractivity contribution is -0.121. The van der Waals surface area contributed by atoms with E-state index in [1.165, 1.54) is 0 Å². The molecule has 1 N–H and O–H groups in total. The van der Waals surface area contributed by atoms with E-state index in [9.17, 15) is 13.2 Å². The summed E-state index contributed by atoms with van der Waals surface area (Å²) < 4.78 is 37.4. The van der Waals surface area contributed by atoms with Gasteiger partial charge in [0.15, 0.2) is 6.61 Å². The molecule has 1 aliphatic rings. The maximum atomic E-state index is 12.3. The number of sulfonamides is 1. The quantitative estimate of drug-likeness (QED) is 0.838. The zero-order chi connectivity index (χ0) is 18.4. The molecule has 0 saturated carbocycles. The molecule has 26 heavy (non-hydrogen) atoms. The molecule has 0 unspecified atom stereocenters. The van der Waals surface area contributed by atoms with E-state index in [0.29, 0.717) is 31.8 Å². The number of carbonyl (C=O) groups excluding carboxylic acids is 1. The van der Waals surface area contributed by atoms with Crippen molar-refractivity contribution in [2.75, 3.05) is 19.8 Å². The van der Waals surface area contributed by atoms with Crippen molar-refractivity contribution in [3.8, 4) is 16.9 Å². The van der Waals surface area contributed by atoms with Crippen LogP contribution >= 0.6 is 0 Å². The Morgan fingerprint density at radius 1 is 1.04 bits per heavy atom. The number of para-hydroxylation sites is 1. The van der Waals surface area contributed by atoms with Crippen LogP contribution in [0.1, 0.15) is 12.8 Å². The summed E-state index contributed by atoms with van der Waals surface area (Å²) in [5.74, 6) is -0.156. The van der Waals surface area contributed by atoms with Crippen molar-refractivity contribution in [2.45, 2.75) is 18.1 Å². The number of hydrogen-bond donors (Lipinski definition) is 1. The van der Waals surface area contributed by atoms with Gasteiger partial charge in [0.25, 0.3) is 5.91 Å². The third-order valence-electron chi connectivity index (χ3n) is 4.19. The SMILES string of the molecule is O=C(COc1ccccc1-c1ccccc1)NS(=O)(=O)C1CCOCC1. The van der Waals surface area contributed by atoms with Crippen LogP contribution < -0.4 is 9.46 Å². The number of carbonyl (C=O) groups is 1. The van der Waals surface area contributed by atoms with Gasteiger partial charge in [-0.3, -0.25) is 4.79 Å². The van der Waals surface area contributed by atoms with Gasteiger partial charge in [-0.1, -0.05) is 48.5 Å². The van der Waals surface area contributed by atoms with Crippen molar-refractivity contribution in [2.24, 2.45) is 0 Å². The van der Waals surface area contributed by atoms with E-state index < -0.39 is 21.2 Å². The van der Waals surface area contributed by atoms with Crippen LogP contribution in [0.25, 0.3) is 11.1 Å². The van der Waals surface area contributed by atoms with E-state index in [-0.39, 0.29) is 6.61 Å². The first-order valence-electron chi connectivity index (χ1n) is 8.46. The molecule has 1 saturated heterocycles. The Bertz CT molecular complexity index is 845. The third kappa shape index (κ3) is 4.62. The molecular formula is C19H21NO5S. The lowest BCUT2D eigenvalue weighted by Crippen LogP contribution is -2.42. The van der Waals surface area contributed by atoms with Gasteiger partial charge in [-0.15, -0.1) is 0 Å². The minimum absolute atomic E-state index is 0.369. The van der Waals surface area contributed by atoms with Crippen LogP contribution in [-0.4, -0.2) is 39.4 Å². The van der Waals surface area contributed by atoms with Gasteiger partial charge in [-0.25, -0.2) is 13.1 Å². The van der Waals surface area contributed by atoms with Crippen molar-refractivity contribution in [1.82, 2.24) is 4.72 Å². The number of amides is 1. The summed E-state index contributed by atoms with van der Waals surface area (Å²) in [4.78, 5) is 12.1. The first-order valence-corrected chi connectivity index (χ1v) is 10.0. The van der Waals surface area contributed by atoms with Gasteiger partial charge in [0.1, 0.15) is 5.75 Å². The Morgan fingerprint density at radius 2 is 1.69 bits per heavy atom. The van der Waals surface area contributed by atoms with Crippen LogP contribution in [0.3, 0.4) is 0 Å². The van der Waals surface area contributed by atoms with Crippen molar-refractivity contribution in [3.05, 3.63) is 54.6 Å². The molecule has 138 valence electrons. The predicted molar refractivity (Wildman–Crippen MR) is 98.3 cm³/mol. The summed E-state index contributed by atoms with van der Waals surface area (Å²) in [6.45, 7) is 0.410. The van der Waals surface area contributed by atoms with Crippen LogP contribution in [0.2, 0.25) is 0 Å². The molecule has 1 amide bonds. The Morgan fingerprint density at radius 3 is 2.42 bits per heavy atom. The number of ether oxygens (including phenoxy) is 2. The molecule has 2 aromatic rings. The summed E-state index contributed by atoms with van der Waals surface area (Å²) in [5, 5.41) is -0.600. The van der Waals surface area contributed by atoms with E-state index >= 15 is 0 Å².